The molecule has 19 heavy (non-hydrogen) atoms. The molecule has 3 aromatic rings. The first-order valence-corrected chi connectivity index (χ1v) is 5.53. The standard InChI is InChI=1S/C13H8N2O4/c16-13-14(11-7-3-4-8-12(11)19-13)9-5-1-2-6-10(9)15(17)18/h1-8H. The molecule has 0 radical (unpaired) electrons. The summed E-state index contributed by atoms with van der Waals surface area (Å²) in [7, 11) is 0. The minimum absolute atomic E-state index is 0.142. The molecule has 0 aliphatic rings. The van der Waals surface area contributed by atoms with Gasteiger partial charge in [-0.05, 0) is 18.2 Å². The van der Waals surface area contributed by atoms with Crippen molar-refractivity contribution in [1.29, 1.82) is 0 Å². The Labute approximate surface area is 106 Å². The number of aromatic nitrogens is 1. The van der Waals surface area contributed by atoms with E-state index in [2.05, 4.69) is 0 Å². The smallest absolute Gasteiger partial charge is 0.407 e. The maximum Gasteiger partial charge on any atom is 0.424 e. The minimum atomic E-state index is -0.643. The molecule has 2 aromatic carbocycles. The summed E-state index contributed by atoms with van der Waals surface area (Å²) in [6, 6.07) is 12.8. The summed E-state index contributed by atoms with van der Waals surface area (Å²) >= 11 is 0. The lowest BCUT2D eigenvalue weighted by Gasteiger charge is -2.02. The first kappa shape index (κ1) is 11.2. The highest BCUT2D eigenvalue weighted by Crippen LogP contribution is 2.24. The van der Waals surface area contributed by atoms with Gasteiger partial charge in [-0.2, -0.15) is 0 Å². The van der Waals surface area contributed by atoms with E-state index in [4.69, 9.17) is 4.42 Å². The van der Waals surface area contributed by atoms with Crippen molar-refractivity contribution < 1.29 is 9.34 Å². The van der Waals surface area contributed by atoms with Crippen molar-refractivity contribution in [2.24, 2.45) is 0 Å². The van der Waals surface area contributed by atoms with Crippen LogP contribution in [0.15, 0.2) is 57.7 Å². The molecule has 0 unspecified atom stereocenters. The van der Waals surface area contributed by atoms with Gasteiger partial charge in [0.25, 0.3) is 5.69 Å². The van der Waals surface area contributed by atoms with Gasteiger partial charge < -0.3 is 4.42 Å². The number of hydrogen-bond acceptors (Lipinski definition) is 4. The molecular formula is C13H8N2O4. The van der Waals surface area contributed by atoms with E-state index in [9.17, 15) is 14.9 Å². The molecule has 94 valence electrons. The third-order valence-corrected chi connectivity index (χ3v) is 2.81. The van der Waals surface area contributed by atoms with Gasteiger partial charge in [0.1, 0.15) is 5.69 Å². The fourth-order valence-electron chi connectivity index (χ4n) is 2.00. The summed E-state index contributed by atoms with van der Waals surface area (Å²) in [4.78, 5) is 22.4. The van der Waals surface area contributed by atoms with E-state index in [1.807, 2.05) is 0 Å². The number of fused-ring (bicyclic) bond motifs is 1. The van der Waals surface area contributed by atoms with E-state index < -0.39 is 10.7 Å². The molecule has 0 saturated heterocycles. The third-order valence-electron chi connectivity index (χ3n) is 2.81. The van der Waals surface area contributed by atoms with Gasteiger partial charge in [0.2, 0.25) is 0 Å². The van der Waals surface area contributed by atoms with Gasteiger partial charge in [-0.3, -0.25) is 10.1 Å². The maximum absolute atomic E-state index is 11.9. The van der Waals surface area contributed by atoms with Crippen LogP contribution in [0.1, 0.15) is 0 Å². The Morgan fingerprint density at radius 3 is 2.53 bits per heavy atom. The topological polar surface area (TPSA) is 78.3 Å². The highest BCUT2D eigenvalue weighted by atomic mass is 16.6. The molecule has 0 fully saturated rings. The zero-order valence-corrected chi connectivity index (χ0v) is 9.65. The zero-order valence-electron chi connectivity index (χ0n) is 9.65. The second-order valence-electron chi connectivity index (χ2n) is 3.92. The van der Waals surface area contributed by atoms with Crippen LogP contribution in [0, 0.1) is 10.1 Å². The Balaban J connectivity index is 2.40. The number of hydrogen-bond donors (Lipinski definition) is 0. The Kier molecular flexibility index (Phi) is 2.42. The number of nitro groups is 1. The molecule has 1 aromatic heterocycles. The van der Waals surface area contributed by atoms with Gasteiger partial charge in [0.05, 0.1) is 10.4 Å². The molecule has 6 nitrogen and oxygen atoms in total. The van der Waals surface area contributed by atoms with Gasteiger partial charge in [0.15, 0.2) is 5.58 Å². The SMILES string of the molecule is O=c1oc2ccccc2n1-c1ccccc1[N+](=O)[O-]. The molecule has 0 amide bonds. The number of benzene rings is 2. The molecule has 0 bridgehead atoms. The molecule has 0 N–H and O–H groups in total. The zero-order chi connectivity index (χ0) is 13.4. The number of oxazole rings is 1. The summed E-state index contributed by atoms with van der Waals surface area (Å²) in [6.45, 7) is 0. The second kappa shape index (κ2) is 4.09. The van der Waals surface area contributed by atoms with Crippen LogP contribution < -0.4 is 5.76 Å². The van der Waals surface area contributed by atoms with Crippen LogP contribution in [-0.2, 0) is 0 Å². The van der Waals surface area contributed by atoms with E-state index in [0.29, 0.717) is 11.1 Å². The van der Waals surface area contributed by atoms with Crippen molar-refractivity contribution in [2.45, 2.75) is 0 Å². The summed E-state index contributed by atoms with van der Waals surface area (Å²) in [5.41, 5.74) is 0.950. The van der Waals surface area contributed by atoms with Crippen LogP contribution in [0.3, 0.4) is 0 Å². The van der Waals surface area contributed by atoms with Crippen molar-refractivity contribution >= 4 is 16.8 Å². The van der Waals surface area contributed by atoms with Crippen molar-refractivity contribution in [1.82, 2.24) is 4.57 Å². The monoisotopic (exact) mass is 256 g/mol. The number of nitro benzene ring substituents is 1. The number of rotatable bonds is 2. The lowest BCUT2D eigenvalue weighted by atomic mass is 10.2. The first-order valence-electron chi connectivity index (χ1n) is 5.53. The normalized spacial score (nSPS) is 10.7. The third kappa shape index (κ3) is 1.70. The Morgan fingerprint density at radius 1 is 1.05 bits per heavy atom. The molecule has 0 aliphatic heterocycles. The largest absolute Gasteiger partial charge is 0.424 e. The molecule has 1 heterocycles. The van der Waals surface area contributed by atoms with Crippen molar-refractivity contribution in [3.05, 3.63) is 69.2 Å². The van der Waals surface area contributed by atoms with E-state index in [1.165, 1.54) is 16.7 Å². The van der Waals surface area contributed by atoms with E-state index in [0.717, 1.165) is 0 Å². The maximum atomic E-state index is 11.9. The predicted octanol–water partition coefficient (Wildman–Crippen LogP) is 2.49. The van der Waals surface area contributed by atoms with E-state index in [1.54, 1.807) is 36.4 Å². The van der Waals surface area contributed by atoms with E-state index >= 15 is 0 Å². The van der Waals surface area contributed by atoms with Crippen LogP contribution in [0.2, 0.25) is 0 Å². The van der Waals surface area contributed by atoms with Crippen molar-refractivity contribution in [2.75, 3.05) is 0 Å². The van der Waals surface area contributed by atoms with Gasteiger partial charge >= 0.3 is 5.76 Å². The lowest BCUT2D eigenvalue weighted by molar-refractivity contribution is -0.384. The second-order valence-corrected chi connectivity index (χ2v) is 3.92. The summed E-state index contributed by atoms with van der Waals surface area (Å²) in [6.07, 6.45) is 0. The highest BCUT2D eigenvalue weighted by Gasteiger charge is 2.19. The number of para-hydroxylation sites is 4. The summed E-state index contributed by atoms with van der Waals surface area (Å²) < 4.78 is 6.27. The van der Waals surface area contributed by atoms with Crippen LogP contribution >= 0.6 is 0 Å². The summed E-state index contributed by atoms with van der Waals surface area (Å²) in [5, 5.41) is 11.0. The van der Waals surface area contributed by atoms with Gasteiger partial charge in [0, 0.05) is 6.07 Å². The van der Waals surface area contributed by atoms with Crippen LogP contribution in [0.4, 0.5) is 5.69 Å². The highest BCUT2D eigenvalue weighted by molar-refractivity contribution is 5.76. The average Bonchev–Trinajstić information content (AvgIpc) is 2.74. The Bertz CT molecular complexity index is 832. The van der Waals surface area contributed by atoms with Crippen molar-refractivity contribution in [3.63, 3.8) is 0 Å². The molecule has 3 rings (SSSR count). The van der Waals surface area contributed by atoms with Gasteiger partial charge in [-0.25, -0.2) is 9.36 Å². The Morgan fingerprint density at radius 2 is 1.74 bits per heavy atom. The molecule has 0 spiro atoms. The lowest BCUT2D eigenvalue weighted by Crippen LogP contribution is -2.13. The summed E-state index contributed by atoms with van der Waals surface area (Å²) in [5.74, 6) is -0.643. The van der Waals surface area contributed by atoms with Gasteiger partial charge in [-0.1, -0.05) is 24.3 Å². The molecular weight excluding hydrogens is 248 g/mol. The first-order chi connectivity index (χ1) is 9.18. The predicted molar refractivity (Wildman–Crippen MR) is 68.5 cm³/mol. The molecule has 0 aliphatic carbocycles. The average molecular weight is 256 g/mol. The minimum Gasteiger partial charge on any atom is -0.407 e. The van der Waals surface area contributed by atoms with Crippen LogP contribution in [-0.4, -0.2) is 9.49 Å². The fraction of sp³-hybridized carbons (Fsp3) is 0. The molecule has 0 saturated carbocycles. The molecule has 0 atom stereocenters. The Hall–Kier alpha value is -2.89. The van der Waals surface area contributed by atoms with Crippen LogP contribution in [0.5, 0.6) is 0 Å². The fourth-order valence-corrected chi connectivity index (χ4v) is 2.00. The quantitative estimate of drug-likeness (QED) is 0.521. The van der Waals surface area contributed by atoms with Crippen molar-refractivity contribution in [3.8, 4) is 5.69 Å². The van der Waals surface area contributed by atoms with Gasteiger partial charge in [-0.15, -0.1) is 0 Å². The van der Waals surface area contributed by atoms with Crippen LogP contribution in [0.25, 0.3) is 16.8 Å². The number of nitrogens with zero attached hydrogens (tertiary/aromatic N) is 2. The molecule has 6 heteroatoms. The van der Waals surface area contributed by atoms with E-state index in [-0.39, 0.29) is 11.4 Å².